The fourth-order valence-electron chi connectivity index (χ4n) is 3.09. The van der Waals surface area contributed by atoms with Crippen molar-refractivity contribution in [3.63, 3.8) is 0 Å². The molecule has 0 radical (unpaired) electrons. The molecule has 0 rings (SSSR count). The van der Waals surface area contributed by atoms with Crippen molar-refractivity contribution in [1.29, 1.82) is 0 Å². The van der Waals surface area contributed by atoms with Gasteiger partial charge in [0.05, 0.1) is 19.8 Å². The first-order valence-electron chi connectivity index (χ1n) is 7.83. The van der Waals surface area contributed by atoms with Crippen molar-refractivity contribution in [2.45, 2.75) is 58.2 Å². The number of nitrogens with zero attached hydrogens (tertiary/aromatic N) is 1. The summed E-state index contributed by atoms with van der Waals surface area (Å²) in [5, 5.41) is 0. The number of methoxy groups -OCH3 is 1. The van der Waals surface area contributed by atoms with E-state index in [0.29, 0.717) is 23.2 Å². The predicted octanol–water partition coefficient (Wildman–Crippen LogP) is 4.39. The number of carbonyl (C=O) groups excluding carboxylic acids is 1. The van der Waals surface area contributed by atoms with Crippen LogP contribution in [0.4, 0.5) is 4.79 Å². The van der Waals surface area contributed by atoms with Gasteiger partial charge in [-0.05, 0) is 22.5 Å². The summed E-state index contributed by atoms with van der Waals surface area (Å²) >= 11 is 0. The number of amides is 1. The Balaban J connectivity index is 5.02. The third kappa shape index (κ3) is 5.10. The standard InChI is InChI=1S/C17H31NO3Si/c1-9-11-18(17(19)20-8)12-10-13-21-22(14(2)3,15(4)5)16(6)7/h9,14-16H,1,11-12H2,2-8H3. The van der Waals surface area contributed by atoms with Gasteiger partial charge >= 0.3 is 6.09 Å². The predicted molar refractivity (Wildman–Crippen MR) is 94.1 cm³/mol. The largest absolute Gasteiger partial charge is 0.499 e. The maximum absolute atomic E-state index is 11.6. The molecule has 0 heterocycles. The highest BCUT2D eigenvalue weighted by molar-refractivity contribution is 6.77. The molecule has 0 fully saturated rings. The first-order valence-corrected chi connectivity index (χ1v) is 9.97. The van der Waals surface area contributed by atoms with Gasteiger partial charge in [-0.2, -0.15) is 0 Å². The van der Waals surface area contributed by atoms with Gasteiger partial charge in [0, 0.05) is 6.54 Å². The van der Waals surface area contributed by atoms with Crippen LogP contribution in [0.3, 0.4) is 0 Å². The molecule has 0 unspecified atom stereocenters. The summed E-state index contributed by atoms with van der Waals surface area (Å²) in [6.07, 6.45) is 4.11. The van der Waals surface area contributed by atoms with Crippen molar-refractivity contribution >= 4 is 14.4 Å². The average Bonchev–Trinajstić information content (AvgIpc) is 2.43. The van der Waals surface area contributed by atoms with Crippen LogP contribution in [0, 0.1) is 12.0 Å². The zero-order chi connectivity index (χ0) is 17.3. The monoisotopic (exact) mass is 325 g/mol. The minimum atomic E-state index is -1.98. The molecular formula is C17H31NO3Si. The van der Waals surface area contributed by atoms with Crippen molar-refractivity contribution in [2.75, 3.05) is 20.2 Å². The van der Waals surface area contributed by atoms with Gasteiger partial charge in [0.25, 0.3) is 8.32 Å². The molecule has 0 bridgehead atoms. The van der Waals surface area contributed by atoms with Gasteiger partial charge in [-0.15, -0.1) is 6.58 Å². The third-order valence-corrected chi connectivity index (χ3v) is 9.93. The number of carbonyl (C=O) groups is 1. The van der Waals surface area contributed by atoms with Gasteiger partial charge in [0.15, 0.2) is 0 Å². The Labute approximate surface area is 137 Å². The van der Waals surface area contributed by atoms with Gasteiger partial charge in [-0.3, -0.25) is 4.90 Å². The second-order valence-corrected chi connectivity index (χ2v) is 11.7. The molecule has 0 aliphatic carbocycles. The summed E-state index contributed by atoms with van der Waals surface area (Å²) in [5.41, 5.74) is 1.44. The second-order valence-electron chi connectivity index (χ2n) is 6.34. The average molecular weight is 326 g/mol. The number of ether oxygens (including phenoxy) is 1. The van der Waals surface area contributed by atoms with Crippen molar-refractivity contribution in [1.82, 2.24) is 4.90 Å². The molecule has 0 saturated carbocycles. The van der Waals surface area contributed by atoms with Crippen LogP contribution < -0.4 is 0 Å². The van der Waals surface area contributed by atoms with Gasteiger partial charge in [0.1, 0.15) is 0 Å². The maximum atomic E-state index is 11.6. The van der Waals surface area contributed by atoms with Crippen LogP contribution in [0.2, 0.25) is 16.6 Å². The highest BCUT2D eigenvalue weighted by Crippen LogP contribution is 2.41. The third-order valence-electron chi connectivity index (χ3n) is 4.06. The van der Waals surface area contributed by atoms with E-state index >= 15 is 0 Å². The highest BCUT2D eigenvalue weighted by atomic mass is 28.4. The van der Waals surface area contributed by atoms with Gasteiger partial charge in [0.2, 0.25) is 0 Å². The zero-order valence-electron chi connectivity index (χ0n) is 15.1. The van der Waals surface area contributed by atoms with Gasteiger partial charge in [-0.1, -0.05) is 47.6 Å². The van der Waals surface area contributed by atoms with Crippen molar-refractivity contribution in [2.24, 2.45) is 0 Å². The molecule has 0 aromatic heterocycles. The summed E-state index contributed by atoms with van der Waals surface area (Å²) in [4.78, 5) is 13.1. The van der Waals surface area contributed by atoms with Crippen LogP contribution in [-0.4, -0.2) is 39.5 Å². The zero-order valence-corrected chi connectivity index (χ0v) is 16.1. The summed E-state index contributed by atoms with van der Waals surface area (Å²) in [6.45, 7) is 17.6. The molecule has 0 aliphatic rings. The molecule has 0 spiro atoms. The topological polar surface area (TPSA) is 38.8 Å². The smallest absolute Gasteiger partial charge is 0.410 e. The molecule has 0 aromatic rings. The molecule has 5 heteroatoms. The quantitative estimate of drug-likeness (QED) is 0.396. The second kappa shape index (κ2) is 9.57. The minimum Gasteiger partial charge on any atom is -0.499 e. The molecule has 0 N–H and O–H groups in total. The number of hydrogen-bond acceptors (Lipinski definition) is 3. The Morgan fingerprint density at radius 1 is 1.18 bits per heavy atom. The molecule has 0 aromatic carbocycles. The minimum absolute atomic E-state index is 0.275. The normalized spacial score (nSPS) is 11.2. The van der Waals surface area contributed by atoms with E-state index in [0.717, 1.165) is 0 Å². The van der Waals surface area contributed by atoms with E-state index in [1.54, 1.807) is 6.08 Å². The number of hydrogen-bond donors (Lipinski definition) is 0. The van der Waals surface area contributed by atoms with E-state index in [9.17, 15) is 4.79 Å². The van der Waals surface area contributed by atoms with Gasteiger partial charge in [-0.25, -0.2) is 4.79 Å². The summed E-state index contributed by atoms with van der Waals surface area (Å²) in [5.74, 6) is 2.95. The van der Waals surface area contributed by atoms with Gasteiger partial charge < -0.3 is 9.16 Å². The Bertz CT molecular complexity index is 400. The van der Waals surface area contributed by atoms with Crippen molar-refractivity contribution in [3.8, 4) is 12.0 Å². The first kappa shape index (κ1) is 20.6. The van der Waals surface area contributed by atoms with E-state index in [1.807, 2.05) is 0 Å². The molecule has 0 aliphatic heterocycles. The lowest BCUT2D eigenvalue weighted by Crippen LogP contribution is -2.46. The first-order chi connectivity index (χ1) is 10.2. The van der Waals surface area contributed by atoms with E-state index in [1.165, 1.54) is 12.0 Å². The molecular weight excluding hydrogens is 294 g/mol. The molecule has 126 valence electrons. The molecule has 1 amide bonds. The maximum Gasteiger partial charge on any atom is 0.410 e. The molecule has 22 heavy (non-hydrogen) atoms. The molecule has 0 atom stereocenters. The van der Waals surface area contributed by atoms with E-state index < -0.39 is 14.4 Å². The van der Waals surface area contributed by atoms with Crippen LogP contribution in [0.1, 0.15) is 41.5 Å². The SMILES string of the molecule is C=CCN(CC#CO[Si](C(C)C)(C(C)C)C(C)C)C(=O)OC. The lowest BCUT2D eigenvalue weighted by molar-refractivity contribution is 0.133. The van der Waals surface area contributed by atoms with E-state index in [-0.39, 0.29) is 6.54 Å². The summed E-state index contributed by atoms with van der Waals surface area (Å²) < 4.78 is 10.8. The Morgan fingerprint density at radius 3 is 2.05 bits per heavy atom. The van der Waals surface area contributed by atoms with Crippen LogP contribution in [0.5, 0.6) is 0 Å². The Kier molecular flexibility index (Phi) is 8.96. The van der Waals surface area contributed by atoms with Crippen LogP contribution >= 0.6 is 0 Å². The summed E-state index contributed by atoms with van der Waals surface area (Å²) in [6, 6.07) is 0. The Morgan fingerprint density at radius 2 is 1.68 bits per heavy atom. The van der Waals surface area contributed by atoms with Crippen molar-refractivity contribution < 1.29 is 14.0 Å². The Hall–Kier alpha value is -1.41. The molecule has 4 nitrogen and oxygen atoms in total. The van der Waals surface area contributed by atoms with Crippen LogP contribution in [0.25, 0.3) is 0 Å². The summed E-state index contributed by atoms with van der Waals surface area (Å²) in [7, 11) is -0.624. The number of rotatable bonds is 7. The molecule has 0 saturated heterocycles. The van der Waals surface area contributed by atoms with Crippen molar-refractivity contribution in [3.05, 3.63) is 12.7 Å². The van der Waals surface area contributed by atoms with Crippen LogP contribution in [0.15, 0.2) is 12.7 Å². The lowest BCUT2D eigenvalue weighted by atomic mass is 10.5. The van der Waals surface area contributed by atoms with E-state index in [2.05, 4.69) is 60.1 Å². The van der Waals surface area contributed by atoms with E-state index in [4.69, 9.17) is 9.16 Å². The van der Waals surface area contributed by atoms with Crippen LogP contribution in [-0.2, 0) is 9.16 Å². The fraction of sp³-hybridized carbons (Fsp3) is 0.706. The highest BCUT2D eigenvalue weighted by Gasteiger charge is 2.46. The lowest BCUT2D eigenvalue weighted by Gasteiger charge is -2.39. The fourth-order valence-corrected chi connectivity index (χ4v) is 8.05.